The van der Waals surface area contributed by atoms with Gasteiger partial charge in [-0.2, -0.15) is 11.8 Å². The number of thioether (sulfide) groups is 1. The van der Waals surface area contributed by atoms with E-state index in [4.69, 9.17) is 4.98 Å². The summed E-state index contributed by atoms with van der Waals surface area (Å²) in [4.78, 5) is 8.42. The fourth-order valence-electron chi connectivity index (χ4n) is 3.23. The molecule has 1 unspecified atom stereocenters. The first kappa shape index (κ1) is 15.6. The Morgan fingerprint density at radius 1 is 1.24 bits per heavy atom. The van der Waals surface area contributed by atoms with E-state index < -0.39 is 0 Å². The van der Waals surface area contributed by atoms with Gasteiger partial charge in [-0.3, -0.25) is 0 Å². The van der Waals surface area contributed by atoms with Crippen LogP contribution in [0, 0.1) is 5.41 Å². The minimum Gasteiger partial charge on any atom is -0.387 e. The Labute approximate surface area is 136 Å². The predicted molar refractivity (Wildman–Crippen MR) is 92.5 cm³/mol. The first-order valence-corrected chi connectivity index (χ1v) is 9.63. The van der Waals surface area contributed by atoms with Gasteiger partial charge in [0.15, 0.2) is 5.13 Å². The summed E-state index contributed by atoms with van der Waals surface area (Å²) in [5.41, 5.74) is 1.30. The van der Waals surface area contributed by atoms with Crippen LogP contribution in [0.25, 0.3) is 0 Å². The van der Waals surface area contributed by atoms with Gasteiger partial charge in [-0.05, 0) is 24.7 Å². The number of thiazole rings is 1. The molecule has 2 aliphatic rings. The molecule has 118 valence electrons. The van der Waals surface area contributed by atoms with Gasteiger partial charge < -0.3 is 10.0 Å². The van der Waals surface area contributed by atoms with Crippen molar-refractivity contribution in [3.63, 3.8) is 0 Å². The minimum atomic E-state index is -0.326. The molecule has 0 radical (unpaired) electrons. The molecule has 3 rings (SSSR count). The topological polar surface area (TPSA) is 36.4 Å². The van der Waals surface area contributed by atoms with Gasteiger partial charge in [0.2, 0.25) is 0 Å². The highest BCUT2D eigenvalue weighted by Gasteiger charge is 2.35. The fourth-order valence-corrected chi connectivity index (χ4v) is 5.45. The summed E-state index contributed by atoms with van der Waals surface area (Å²) < 4.78 is 0.368. The average molecular weight is 327 g/mol. The molecule has 0 aromatic carbocycles. The third kappa shape index (κ3) is 3.40. The molecule has 2 heterocycles. The first-order chi connectivity index (χ1) is 9.76. The first-order valence-electron chi connectivity index (χ1n) is 7.82. The average Bonchev–Trinajstić information content (AvgIpc) is 2.66. The van der Waals surface area contributed by atoms with Gasteiger partial charge in [-0.15, -0.1) is 0 Å². The Morgan fingerprint density at radius 3 is 2.76 bits per heavy atom. The molecule has 1 fully saturated rings. The molecule has 0 amide bonds. The van der Waals surface area contributed by atoms with Crippen LogP contribution in [0.3, 0.4) is 0 Å². The SMILES string of the molecule is CC1(C)Cc2nc(N3CCSC(C)(C)CC3)sc2C(O)C1. The van der Waals surface area contributed by atoms with Crippen LogP contribution in [0.1, 0.15) is 57.2 Å². The zero-order valence-corrected chi connectivity index (χ0v) is 15.1. The van der Waals surface area contributed by atoms with Crippen molar-refractivity contribution in [1.29, 1.82) is 0 Å². The lowest BCUT2D eigenvalue weighted by Gasteiger charge is -2.31. The molecule has 1 aliphatic carbocycles. The van der Waals surface area contributed by atoms with Crippen LogP contribution in [-0.2, 0) is 6.42 Å². The smallest absolute Gasteiger partial charge is 0.185 e. The van der Waals surface area contributed by atoms with Gasteiger partial charge in [0.05, 0.1) is 16.7 Å². The highest BCUT2D eigenvalue weighted by Crippen LogP contribution is 2.45. The Hall–Kier alpha value is -0.260. The molecule has 1 aromatic rings. The van der Waals surface area contributed by atoms with E-state index >= 15 is 0 Å². The predicted octanol–water partition coefficient (Wildman–Crippen LogP) is 3.87. The monoisotopic (exact) mass is 326 g/mol. The number of aromatic nitrogens is 1. The van der Waals surface area contributed by atoms with Crippen LogP contribution in [0.5, 0.6) is 0 Å². The highest BCUT2D eigenvalue weighted by atomic mass is 32.2. The Balaban J connectivity index is 1.82. The Kier molecular flexibility index (Phi) is 4.04. The number of aliphatic hydroxyl groups is 1. The van der Waals surface area contributed by atoms with Crippen molar-refractivity contribution < 1.29 is 5.11 Å². The van der Waals surface area contributed by atoms with Crippen LogP contribution in [0.15, 0.2) is 0 Å². The fraction of sp³-hybridized carbons (Fsp3) is 0.812. The molecule has 0 bridgehead atoms. The second-order valence-corrected chi connectivity index (χ2v) is 10.5. The molecule has 1 aromatic heterocycles. The van der Waals surface area contributed by atoms with Crippen LogP contribution >= 0.6 is 23.1 Å². The van der Waals surface area contributed by atoms with Crippen molar-refractivity contribution in [3.05, 3.63) is 10.6 Å². The van der Waals surface area contributed by atoms with Crippen molar-refractivity contribution in [3.8, 4) is 0 Å². The molecule has 1 aliphatic heterocycles. The van der Waals surface area contributed by atoms with E-state index in [1.165, 1.54) is 6.42 Å². The van der Waals surface area contributed by atoms with Gasteiger partial charge in [0.25, 0.3) is 0 Å². The number of fused-ring (bicyclic) bond motifs is 1. The van der Waals surface area contributed by atoms with Gasteiger partial charge >= 0.3 is 0 Å². The van der Waals surface area contributed by atoms with E-state index in [2.05, 4.69) is 44.4 Å². The summed E-state index contributed by atoms with van der Waals surface area (Å²) in [5, 5.41) is 11.5. The Bertz CT molecular complexity index is 524. The molecule has 0 saturated carbocycles. The molecule has 3 nitrogen and oxygen atoms in total. The van der Waals surface area contributed by atoms with E-state index in [0.29, 0.717) is 4.75 Å². The maximum atomic E-state index is 10.4. The van der Waals surface area contributed by atoms with Crippen LogP contribution in [0.4, 0.5) is 5.13 Å². The van der Waals surface area contributed by atoms with E-state index in [1.54, 1.807) is 11.3 Å². The molecule has 21 heavy (non-hydrogen) atoms. The quantitative estimate of drug-likeness (QED) is 0.850. The number of anilines is 1. The Morgan fingerprint density at radius 2 is 2.00 bits per heavy atom. The maximum absolute atomic E-state index is 10.4. The van der Waals surface area contributed by atoms with Crippen LogP contribution < -0.4 is 4.90 Å². The van der Waals surface area contributed by atoms with E-state index in [1.807, 2.05) is 0 Å². The summed E-state index contributed by atoms with van der Waals surface area (Å²) in [6.45, 7) is 11.3. The van der Waals surface area contributed by atoms with Crippen LogP contribution in [-0.4, -0.2) is 33.7 Å². The lowest BCUT2D eigenvalue weighted by molar-refractivity contribution is 0.102. The third-order valence-corrected chi connectivity index (χ3v) is 7.15. The molecule has 0 spiro atoms. The maximum Gasteiger partial charge on any atom is 0.185 e. The number of hydrogen-bond acceptors (Lipinski definition) is 5. The largest absolute Gasteiger partial charge is 0.387 e. The summed E-state index contributed by atoms with van der Waals surface area (Å²) in [6.07, 6.45) is 2.71. The molecule has 1 saturated heterocycles. The van der Waals surface area contributed by atoms with Gasteiger partial charge in [-0.25, -0.2) is 4.98 Å². The summed E-state index contributed by atoms with van der Waals surface area (Å²) in [7, 11) is 0. The number of aliphatic hydroxyl groups excluding tert-OH is 1. The standard InChI is InChI=1S/C16H26N2OS2/c1-15(2)9-11-13(12(19)10-15)21-14(17-11)18-6-5-16(3,4)20-8-7-18/h12,19H,5-10H2,1-4H3. The second kappa shape index (κ2) is 5.43. The molecule has 1 atom stereocenters. The summed E-state index contributed by atoms with van der Waals surface area (Å²) in [5.74, 6) is 1.16. The zero-order valence-electron chi connectivity index (χ0n) is 13.5. The normalized spacial score (nSPS) is 28.0. The van der Waals surface area contributed by atoms with E-state index in [9.17, 15) is 5.11 Å². The number of hydrogen-bond donors (Lipinski definition) is 1. The highest BCUT2D eigenvalue weighted by molar-refractivity contribution is 8.00. The second-order valence-electron chi connectivity index (χ2n) is 7.71. The van der Waals surface area contributed by atoms with Crippen LogP contribution in [0.2, 0.25) is 0 Å². The molecular formula is C16H26N2OS2. The van der Waals surface area contributed by atoms with Crippen molar-refractivity contribution in [2.24, 2.45) is 5.41 Å². The number of rotatable bonds is 1. The van der Waals surface area contributed by atoms with Crippen molar-refractivity contribution in [1.82, 2.24) is 4.98 Å². The van der Waals surface area contributed by atoms with Crippen molar-refractivity contribution >= 4 is 28.2 Å². The van der Waals surface area contributed by atoms with Crippen molar-refractivity contribution in [2.75, 3.05) is 23.7 Å². The van der Waals surface area contributed by atoms with Gasteiger partial charge in [-0.1, -0.05) is 39.0 Å². The molecule has 5 heteroatoms. The lowest BCUT2D eigenvalue weighted by Crippen LogP contribution is -2.27. The summed E-state index contributed by atoms with van der Waals surface area (Å²) in [6, 6.07) is 0. The molecule has 1 N–H and O–H groups in total. The minimum absolute atomic E-state index is 0.161. The third-order valence-electron chi connectivity index (χ3n) is 4.52. The van der Waals surface area contributed by atoms with E-state index in [0.717, 1.165) is 47.4 Å². The van der Waals surface area contributed by atoms with Gasteiger partial charge in [0, 0.05) is 23.6 Å². The zero-order chi connectivity index (χ0) is 15.3. The number of nitrogens with zero attached hydrogens (tertiary/aromatic N) is 2. The van der Waals surface area contributed by atoms with Gasteiger partial charge in [0.1, 0.15) is 0 Å². The lowest BCUT2D eigenvalue weighted by atomic mass is 9.77. The van der Waals surface area contributed by atoms with E-state index in [-0.39, 0.29) is 11.5 Å². The van der Waals surface area contributed by atoms with Crippen molar-refractivity contribution in [2.45, 2.75) is 57.8 Å². The molecular weight excluding hydrogens is 300 g/mol. The summed E-state index contributed by atoms with van der Waals surface area (Å²) >= 11 is 3.78.